The maximum Gasteiger partial charge on any atom is 0.149 e. The molecule has 4 heteroatoms. The largest absolute Gasteiger partial charge is 0.387 e. The van der Waals surface area contributed by atoms with Crippen LogP contribution in [0.4, 0.5) is 10.1 Å². The summed E-state index contributed by atoms with van der Waals surface area (Å²) in [5.74, 6) is -0.0212. The van der Waals surface area contributed by atoms with Crippen LogP contribution < -0.4 is 5.32 Å². The molecule has 0 bridgehead atoms. The summed E-state index contributed by atoms with van der Waals surface area (Å²) >= 11 is 3.44. The first-order valence-corrected chi connectivity index (χ1v) is 6.30. The Morgan fingerprint density at radius 1 is 1.35 bits per heavy atom. The fourth-order valence-corrected chi connectivity index (χ4v) is 2.31. The van der Waals surface area contributed by atoms with Crippen molar-refractivity contribution >= 4 is 32.5 Å². The first-order chi connectivity index (χ1) is 8.04. The van der Waals surface area contributed by atoms with E-state index < -0.39 is 0 Å². The van der Waals surface area contributed by atoms with E-state index in [1.807, 2.05) is 27.0 Å². The molecule has 0 unspecified atom stereocenters. The van der Waals surface area contributed by atoms with Crippen LogP contribution in [0.3, 0.4) is 0 Å². The Bertz CT molecular complexity index is 567. The molecule has 1 aromatic carbocycles. The minimum Gasteiger partial charge on any atom is -0.387 e. The molecule has 0 fully saturated rings. The van der Waals surface area contributed by atoms with Gasteiger partial charge in [-0.05, 0) is 24.1 Å². The van der Waals surface area contributed by atoms with Crippen LogP contribution in [0.5, 0.6) is 0 Å². The van der Waals surface area contributed by atoms with E-state index in [-0.39, 0.29) is 11.7 Å². The standard InChI is InChI=1S/C13H14BrFN2/c1-7(2)10-6-11(16-3)12-8(14)4-5-9(15)13(12)17-10/h4-7H,1-3H3,(H,16,17). The van der Waals surface area contributed by atoms with E-state index >= 15 is 0 Å². The number of hydrogen-bond donors (Lipinski definition) is 1. The molecule has 0 saturated carbocycles. The van der Waals surface area contributed by atoms with E-state index in [2.05, 4.69) is 26.2 Å². The Morgan fingerprint density at radius 2 is 2.06 bits per heavy atom. The highest BCUT2D eigenvalue weighted by Crippen LogP contribution is 2.33. The lowest BCUT2D eigenvalue weighted by molar-refractivity contribution is 0.635. The number of benzene rings is 1. The number of hydrogen-bond acceptors (Lipinski definition) is 2. The van der Waals surface area contributed by atoms with Gasteiger partial charge in [0.05, 0.1) is 0 Å². The van der Waals surface area contributed by atoms with Crippen LogP contribution in [-0.2, 0) is 0 Å². The number of rotatable bonds is 2. The third-order valence-corrected chi connectivity index (χ3v) is 3.40. The number of fused-ring (bicyclic) bond motifs is 1. The Balaban J connectivity index is 2.87. The summed E-state index contributed by atoms with van der Waals surface area (Å²) in [7, 11) is 1.83. The number of halogens is 2. The van der Waals surface area contributed by atoms with E-state index in [4.69, 9.17) is 0 Å². The van der Waals surface area contributed by atoms with Gasteiger partial charge in [0.15, 0.2) is 0 Å². The van der Waals surface area contributed by atoms with E-state index in [1.165, 1.54) is 6.07 Å². The van der Waals surface area contributed by atoms with Gasteiger partial charge < -0.3 is 5.32 Å². The molecule has 2 nitrogen and oxygen atoms in total. The normalized spacial score (nSPS) is 11.2. The highest BCUT2D eigenvalue weighted by molar-refractivity contribution is 9.10. The quantitative estimate of drug-likeness (QED) is 0.894. The SMILES string of the molecule is CNc1cc(C(C)C)nc2c(F)ccc(Br)c12. The second kappa shape index (κ2) is 4.61. The Kier molecular flexibility index (Phi) is 3.33. The zero-order chi connectivity index (χ0) is 12.6. The van der Waals surface area contributed by atoms with Crippen molar-refractivity contribution in [2.24, 2.45) is 0 Å². The van der Waals surface area contributed by atoms with Crippen molar-refractivity contribution in [2.45, 2.75) is 19.8 Å². The lowest BCUT2D eigenvalue weighted by atomic mass is 10.1. The summed E-state index contributed by atoms with van der Waals surface area (Å²) in [5.41, 5.74) is 2.19. The lowest BCUT2D eigenvalue weighted by Gasteiger charge is -2.12. The molecule has 0 aliphatic rings. The fourth-order valence-electron chi connectivity index (χ4n) is 1.78. The molecule has 0 radical (unpaired) electrons. The van der Waals surface area contributed by atoms with Crippen LogP contribution >= 0.6 is 15.9 Å². The van der Waals surface area contributed by atoms with Crippen molar-refractivity contribution < 1.29 is 4.39 Å². The smallest absolute Gasteiger partial charge is 0.149 e. The number of aromatic nitrogens is 1. The summed E-state index contributed by atoms with van der Waals surface area (Å²) in [6, 6.07) is 5.11. The van der Waals surface area contributed by atoms with Gasteiger partial charge in [-0.1, -0.05) is 29.8 Å². The average molecular weight is 297 g/mol. The highest BCUT2D eigenvalue weighted by atomic mass is 79.9. The van der Waals surface area contributed by atoms with Crippen LogP contribution in [-0.4, -0.2) is 12.0 Å². The maximum atomic E-state index is 13.8. The summed E-state index contributed by atoms with van der Waals surface area (Å²) in [6.07, 6.45) is 0. The van der Waals surface area contributed by atoms with Crippen LogP contribution in [0.1, 0.15) is 25.5 Å². The molecule has 0 saturated heterocycles. The van der Waals surface area contributed by atoms with Gasteiger partial charge >= 0.3 is 0 Å². The second-order valence-electron chi connectivity index (χ2n) is 4.25. The van der Waals surface area contributed by atoms with Crippen LogP contribution in [0, 0.1) is 5.82 Å². The molecule has 0 aliphatic heterocycles. The number of nitrogens with one attached hydrogen (secondary N) is 1. The molecule has 0 aliphatic carbocycles. The van der Waals surface area contributed by atoms with Crippen molar-refractivity contribution in [1.29, 1.82) is 0 Å². The molecule has 0 atom stereocenters. The van der Waals surface area contributed by atoms with Crippen molar-refractivity contribution in [3.63, 3.8) is 0 Å². The zero-order valence-corrected chi connectivity index (χ0v) is 11.6. The van der Waals surface area contributed by atoms with Gasteiger partial charge in [0.1, 0.15) is 11.3 Å². The van der Waals surface area contributed by atoms with Crippen molar-refractivity contribution in [3.05, 3.63) is 34.2 Å². The number of anilines is 1. The summed E-state index contributed by atoms with van der Waals surface area (Å²) in [4.78, 5) is 4.40. The third-order valence-electron chi connectivity index (χ3n) is 2.74. The van der Waals surface area contributed by atoms with Gasteiger partial charge in [-0.15, -0.1) is 0 Å². The minimum absolute atomic E-state index is 0.268. The number of nitrogens with zero attached hydrogens (tertiary/aromatic N) is 1. The van der Waals surface area contributed by atoms with E-state index in [0.717, 1.165) is 21.2 Å². The number of pyridine rings is 1. The van der Waals surface area contributed by atoms with Gasteiger partial charge in [-0.25, -0.2) is 9.37 Å². The van der Waals surface area contributed by atoms with Crippen molar-refractivity contribution in [3.8, 4) is 0 Å². The molecule has 90 valence electrons. The first kappa shape index (κ1) is 12.3. The molecule has 17 heavy (non-hydrogen) atoms. The maximum absolute atomic E-state index is 13.8. The van der Waals surface area contributed by atoms with E-state index in [9.17, 15) is 4.39 Å². The van der Waals surface area contributed by atoms with E-state index in [0.29, 0.717) is 5.52 Å². The molecule has 1 N–H and O–H groups in total. The van der Waals surface area contributed by atoms with Gasteiger partial charge in [0, 0.05) is 28.3 Å². The second-order valence-corrected chi connectivity index (χ2v) is 5.11. The van der Waals surface area contributed by atoms with Gasteiger partial charge in [-0.3, -0.25) is 0 Å². The third kappa shape index (κ3) is 2.14. The highest BCUT2D eigenvalue weighted by Gasteiger charge is 2.13. The van der Waals surface area contributed by atoms with Crippen LogP contribution in [0.2, 0.25) is 0 Å². The van der Waals surface area contributed by atoms with Crippen LogP contribution in [0.15, 0.2) is 22.7 Å². The topological polar surface area (TPSA) is 24.9 Å². The predicted molar refractivity (Wildman–Crippen MR) is 73.0 cm³/mol. The monoisotopic (exact) mass is 296 g/mol. The molecule has 0 amide bonds. The molecule has 1 heterocycles. The Labute approximate surface area is 108 Å². The average Bonchev–Trinajstić information content (AvgIpc) is 2.32. The summed E-state index contributed by atoms with van der Waals surface area (Å²) in [6.45, 7) is 4.09. The fraction of sp³-hybridized carbons (Fsp3) is 0.308. The molecular formula is C13H14BrFN2. The molecule has 2 rings (SSSR count). The Morgan fingerprint density at radius 3 is 2.65 bits per heavy atom. The summed E-state index contributed by atoms with van der Waals surface area (Å²) in [5, 5.41) is 3.89. The molecule has 2 aromatic rings. The molecule has 0 spiro atoms. The molecule has 1 aromatic heterocycles. The minimum atomic E-state index is -0.290. The predicted octanol–water partition coefficient (Wildman–Crippen LogP) is 4.30. The lowest BCUT2D eigenvalue weighted by Crippen LogP contribution is -2.00. The van der Waals surface area contributed by atoms with Gasteiger partial charge in [-0.2, -0.15) is 0 Å². The van der Waals surface area contributed by atoms with E-state index in [1.54, 1.807) is 6.07 Å². The Hall–Kier alpha value is -1.16. The van der Waals surface area contributed by atoms with Crippen molar-refractivity contribution in [2.75, 3.05) is 12.4 Å². The van der Waals surface area contributed by atoms with Crippen molar-refractivity contribution in [1.82, 2.24) is 4.98 Å². The first-order valence-electron chi connectivity index (χ1n) is 5.51. The summed E-state index contributed by atoms with van der Waals surface area (Å²) < 4.78 is 14.7. The van der Waals surface area contributed by atoms with Gasteiger partial charge in [0.2, 0.25) is 0 Å². The van der Waals surface area contributed by atoms with Crippen LogP contribution in [0.25, 0.3) is 10.9 Å². The zero-order valence-electron chi connectivity index (χ0n) is 10.0. The van der Waals surface area contributed by atoms with Gasteiger partial charge in [0.25, 0.3) is 0 Å². The molecular weight excluding hydrogens is 283 g/mol.